The highest BCUT2D eigenvalue weighted by Gasteiger charge is 2.39. The predicted octanol–water partition coefficient (Wildman–Crippen LogP) is 5.46. The average molecular weight is 283 g/mol. The zero-order valence-electron chi connectivity index (χ0n) is 13.6. The quantitative estimate of drug-likeness (QED) is 0.486. The van der Waals surface area contributed by atoms with Gasteiger partial charge in [0.2, 0.25) is 0 Å². The van der Waals surface area contributed by atoms with E-state index in [0.29, 0.717) is 0 Å². The highest BCUT2D eigenvalue weighted by Crippen LogP contribution is 2.38. The zero-order chi connectivity index (χ0) is 14.4. The number of hydrogen-bond acceptors (Lipinski definition) is 1. The fraction of sp³-hybridized carbons (Fsp3) is 0.882. The van der Waals surface area contributed by atoms with Gasteiger partial charge < -0.3 is 5.11 Å². The van der Waals surface area contributed by atoms with Crippen molar-refractivity contribution in [2.45, 2.75) is 96.4 Å². The molecular weight excluding hydrogens is 248 g/mol. The van der Waals surface area contributed by atoms with Gasteiger partial charge in [0.1, 0.15) is 0 Å². The molecule has 0 unspecified atom stereocenters. The summed E-state index contributed by atoms with van der Waals surface area (Å²) in [5.41, 5.74) is -0.451. The summed E-state index contributed by atoms with van der Waals surface area (Å²) in [5, 5.41) is 12.5. The lowest BCUT2D eigenvalue weighted by molar-refractivity contribution is 0.0452. The highest BCUT2D eigenvalue weighted by molar-refractivity contribution is 6.83. The van der Waals surface area contributed by atoms with Crippen LogP contribution in [0, 0.1) is 0 Å². The normalized spacial score (nSPS) is 20.6. The summed E-state index contributed by atoms with van der Waals surface area (Å²) in [5.74, 6) is 0. The summed E-state index contributed by atoms with van der Waals surface area (Å²) < 4.78 is 0. The van der Waals surface area contributed by atoms with Crippen molar-refractivity contribution in [3.63, 3.8) is 0 Å². The van der Waals surface area contributed by atoms with E-state index in [1.165, 1.54) is 56.6 Å². The van der Waals surface area contributed by atoms with Crippen LogP contribution in [-0.2, 0) is 0 Å². The van der Waals surface area contributed by atoms with Crippen molar-refractivity contribution < 1.29 is 5.11 Å². The lowest BCUT2D eigenvalue weighted by Gasteiger charge is -2.40. The Bertz CT molecular complexity index is 282. The number of aliphatic hydroxyl groups is 1. The van der Waals surface area contributed by atoms with Crippen molar-refractivity contribution in [1.29, 1.82) is 0 Å². The van der Waals surface area contributed by atoms with Crippen LogP contribution in [0.3, 0.4) is 0 Å². The Balaban J connectivity index is 2.68. The molecule has 0 aliphatic heterocycles. The second-order valence-electron chi connectivity index (χ2n) is 7.31. The molecule has 0 amide bonds. The summed E-state index contributed by atoms with van der Waals surface area (Å²) in [6, 6.07) is 0. The molecule has 1 aliphatic rings. The molecule has 1 rings (SSSR count). The van der Waals surface area contributed by atoms with Crippen molar-refractivity contribution in [2.24, 2.45) is 0 Å². The summed E-state index contributed by atoms with van der Waals surface area (Å²) in [4.78, 5) is 0. The maximum absolute atomic E-state index is 11.0. The van der Waals surface area contributed by atoms with E-state index in [9.17, 15) is 5.11 Å². The molecule has 0 aromatic rings. The number of allylic oxidation sites excluding steroid dienone is 1. The molecule has 0 aromatic heterocycles. The molecule has 0 aromatic carbocycles. The predicted molar refractivity (Wildman–Crippen MR) is 88.2 cm³/mol. The van der Waals surface area contributed by atoms with Gasteiger partial charge in [-0.1, -0.05) is 76.4 Å². The van der Waals surface area contributed by atoms with Crippen LogP contribution in [0.4, 0.5) is 0 Å². The first-order chi connectivity index (χ1) is 8.90. The van der Waals surface area contributed by atoms with Crippen molar-refractivity contribution in [2.75, 3.05) is 0 Å². The van der Waals surface area contributed by atoms with Crippen LogP contribution < -0.4 is 0 Å². The van der Waals surface area contributed by atoms with Gasteiger partial charge in [-0.15, -0.1) is 0 Å². The molecule has 19 heavy (non-hydrogen) atoms. The second-order valence-corrected chi connectivity index (χ2v) is 12.3. The second kappa shape index (κ2) is 7.63. The van der Waals surface area contributed by atoms with E-state index in [2.05, 4.69) is 32.6 Å². The Hall–Kier alpha value is -0.0831. The first-order valence-electron chi connectivity index (χ1n) is 8.33. The highest BCUT2D eigenvalue weighted by atomic mass is 28.3. The Morgan fingerprint density at radius 2 is 1.68 bits per heavy atom. The maximum atomic E-state index is 11.0. The van der Waals surface area contributed by atoms with Gasteiger partial charge in [-0.3, -0.25) is 0 Å². The third-order valence-electron chi connectivity index (χ3n) is 4.40. The summed E-state index contributed by atoms with van der Waals surface area (Å²) in [7, 11) is -1.40. The Morgan fingerprint density at radius 1 is 1.05 bits per heavy atom. The minimum absolute atomic E-state index is 0.451. The van der Waals surface area contributed by atoms with Gasteiger partial charge in [0, 0.05) is 0 Å². The van der Waals surface area contributed by atoms with E-state index in [4.69, 9.17) is 0 Å². The number of rotatable bonds is 7. The van der Waals surface area contributed by atoms with Gasteiger partial charge in [0.05, 0.1) is 13.7 Å². The molecule has 0 atom stereocenters. The molecule has 0 bridgehead atoms. The SMILES string of the molecule is CCCCCCC=C(C1(O)CCCCC1)[Si](C)(C)C. The standard InChI is InChI=1S/C17H34OSi/c1-5-6-7-8-10-13-16(19(2,3)4)17(18)14-11-9-12-15-17/h13,18H,5-12,14-15H2,1-4H3. The Labute approximate surface area is 121 Å². The van der Waals surface area contributed by atoms with Crippen LogP contribution in [0.1, 0.15) is 71.1 Å². The molecule has 112 valence electrons. The molecule has 1 N–H and O–H groups in total. The van der Waals surface area contributed by atoms with Crippen molar-refractivity contribution in [3.05, 3.63) is 11.3 Å². The topological polar surface area (TPSA) is 20.2 Å². The minimum atomic E-state index is -1.40. The largest absolute Gasteiger partial charge is 0.386 e. The van der Waals surface area contributed by atoms with Crippen LogP contribution in [0.2, 0.25) is 19.6 Å². The first kappa shape index (κ1) is 17.0. The van der Waals surface area contributed by atoms with Crippen molar-refractivity contribution in [3.8, 4) is 0 Å². The average Bonchev–Trinajstić information content (AvgIpc) is 2.32. The Kier molecular flexibility index (Phi) is 6.82. The van der Waals surface area contributed by atoms with E-state index >= 15 is 0 Å². The molecule has 2 heteroatoms. The molecule has 1 fully saturated rings. The summed E-state index contributed by atoms with van der Waals surface area (Å²) in [6.45, 7) is 9.42. The molecule has 0 spiro atoms. The summed E-state index contributed by atoms with van der Waals surface area (Å²) in [6.07, 6.45) is 14.6. The molecule has 1 nitrogen and oxygen atoms in total. The van der Waals surface area contributed by atoms with E-state index in [0.717, 1.165) is 12.8 Å². The first-order valence-corrected chi connectivity index (χ1v) is 11.8. The zero-order valence-corrected chi connectivity index (χ0v) is 14.6. The lowest BCUT2D eigenvalue weighted by Crippen LogP contribution is -2.44. The van der Waals surface area contributed by atoms with E-state index in [1.807, 2.05) is 0 Å². The van der Waals surface area contributed by atoms with Gasteiger partial charge >= 0.3 is 0 Å². The van der Waals surface area contributed by atoms with Gasteiger partial charge in [-0.05, 0) is 25.7 Å². The molecule has 1 aliphatic carbocycles. The molecule has 1 saturated carbocycles. The van der Waals surface area contributed by atoms with Gasteiger partial charge in [-0.2, -0.15) is 0 Å². The maximum Gasteiger partial charge on any atom is 0.0822 e. The van der Waals surface area contributed by atoms with Crippen molar-refractivity contribution >= 4 is 8.07 Å². The summed E-state index contributed by atoms with van der Waals surface area (Å²) >= 11 is 0. The van der Waals surface area contributed by atoms with E-state index < -0.39 is 13.7 Å². The van der Waals surface area contributed by atoms with Crippen LogP contribution in [0.25, 0.3) is 0 Å². The van der Waals surface area contributed by atoms with E-state index in [-0.39, 0.29) is 0 Å². The molecule has 0 radical (unpaired) electrons. The fourth-order valence-electron chi connectivity index (χ4n) is 3.42. The van der Waals surface area contributed by atoms with Crippen LogP contribution in [-0.4, -0.2) is 18.8 Å². The third-order valence-corrected chi connectivity index (χ3v) is 6.68. The van der Waals surface area contributed by atoms with Crippen LogP contribution in [0.15, 0.2) is 11.3 Å². The molecule has 0 saturated heterocycles. The van der Waals surface area contributed by atoms with Crippen molar-refractivity contribution in [1.82, 2.24) is 0 Å². The number of unbranched alkanes of at least 4 members (excludes halogenated alkanes) is 4. The molecular formula is C17H34OSi. The minimum Gasteiger partial charge on any atom is -0.386 e. The van der Waals surface area contributed by atoms with Crippen LogP contribution in [0.5, 0.6) is 0 Å². The van der Waals surface area contributed by atoms with Gasteiger partial charge in [0.15, 0.2) is 0 Å². The third kappa shape index (κ3) is 5.43. The smallest absolute Gasteiger partial charge is 0.0822 e. The Morgan fingerprint density at radius 3 is 2.21 bits per heavy atom. The fourth-order valence-corrected chi connectivity index (χ4v) is 5.82. The van der Waals surface area contributed by atoms with Gasteiger partial charge in [0.25, 0.3) is 0 Å². The number of hydrogen-bond donors (Lipinski definition) is 1. The molecule has 0 heterocycles. The van der Waals surface area contributed by atoms with Crippen LogP contribution >= 0.6 is 0 Å². The lowest BCUT2D eigenvalue weighted by atomic mass is 9.84. The monoisotopic (exact) mass is 282 g/mol. The van der Waals surface area contributed by atoms with Gasteiger partial charge in [-0.25, -0.2) is 0 Å². The van der Waals surface area contributed by atoms with E-state index in [1.54, 1.807) is 0 Å².